The van der Waals surface area contributed by atoms with Gasteiger partial charge in [-0.15, -0.1) is 0 Å². The molecule has 0 spiro atoms. The van der Waals surface area contributed by atoms with E-state index < -0.39 is 28.5 Å². The predicted octanol–water partition coefficient (Wildman–Crippen LogP) is 2.28. The van der Waals surface area contributed by atoms with Crippen LogP contribution in [0.3, 0.4) is 0 Å². The molecule has 0 aromatic rings. The number of carbonyl (C=O) groups is 2. The van der Waals surface area contributed by atoms with Crippen molar-refractivity contribution in [2.24, 2.45) is 0 Å². The van der Waals surface area contributed by atoms with Crippen molar-refractivity contribution in [2.45, 2.75) is 9.83 Å². The second-order valence-electron chi connectivity index (χ2n) is 2.77. The van der Waals surface area contributed by atoms with Crippen LogP contribution in [0.1, 0.15) is 0 Å². The summed E-state index contributed by atoms with van der Waals surface area (Å²) in [6, 6.07) is -1.24. The van der Waals surface area contributed by atoms with Crippen molar-refractivity contribution in [3.05, 3.63) is 24.8 Å². The molecule has 0 aromatic carbocycles. The van der Waals surface area contributed by atoms with Gasteiger partial charge in [0, 0.05) is 0 Å². The lowest BCUT2D eigenvalue weighted by molar-refractivity contribution is -0.138. The van der Waals surface area contributed by atoms with Gasteiger partial charge in [-0.25, -0.2) is 9.59 Å². The highest BCUT2D eigenvalue weighted by Crippen LogP contribution is 2.25. The topological polar surface area (TPSA) is 75.6 Å². The Morgan fingerprint density at radius 3 is 2.47 bits per heavy atom. The number of alkyl halides is 3. The normalized spacial score (nSPS) is 13.1. The molecule has 0 fully saturated rings. The Bertz CT molecular complexity index is 325. The van der Waals surface area contributed by atoms with Gasteiger partial charge in [0.15, 0.2) is 0 Å². The second-order valence-corrected chi connectivity index (χ2v) is 5.29. The maximum Gasteiger partial charge on any atom is 0.408 e. The second kappa shape index (κ2) is 7.42. The molecule has 5 nitrogen and oxygen atoms in total. The van der Waals surface area contributed by atoms with Crippen LogP contribution >= 0.6 is 34.8 Å². The van der Waals surface area contributed by atoms with Gasteiger partial charge in [0.05, 0.1) is 0 Å². The molecule has 0 aliphatic carbocycles. The largest absolute Gasteiger partial charge is 0.479 e. The van der Waals surface area contributed by atoms with Crippen molar-refractivity contribution in [3.8, 4) is 0 Å². The first-order valence-corrected chi connectivity index (χ1v) is 5.41. The van der Waals surface area contributed by atoms with Crippen LogP contribution in [0.15, 0.2) is 24.8 Å². The molecule has 0 rings (SSSR count). The number of amides is 1. The molecule has 8 heteroatoms. The fourth-order valence-corrected chi connectivity index (χ4v) is 0.862. The van der Waals surface area contributed by atoms with Crippen molar-refractivity contribution in [1.82, 2.24) is 5.32 Å². The lowest BCUT2D eigenvalue weighted by Gasteiger charge is -2.14. The van der Waals surface area contributed by atoms with Crippen molar-refractivity contribution in [2.75, 3.05) is 6.61 Å². The Balaban J connectivity index is 4.27. The monoisotopic (exact) mass is 301 g/mol. The van der Waals surface area contributed by atoms with Crippen molar-refractivity contribution in [1.29, 1.82) is 0 Å². The number of carbonyl (C=O) groups excluding carboxylic acids is 1. The summed E-state index contributed by atoms with van der Waals surface area (Å²) in [5.74, 6) is -1.26. The molecule has 0 aliphatic rings. The van der Waals surface area contributed by atoms with E-state index >= 15 is 0 Å². The molecule has 0 bridgehead atoms. The molecule has 0 heterocycles. The third-order valence-corrected chi connectivity index (χ3v) is 1.67. The van der Waals surface area contributed by atoms with Crippen LogP contribution in [0.5, 0.6) is 0 Å². The molecule has 96 valence electrons. The number of nitrogens with one attached hydrogen (secondary N) is 1. The van der Waals surface area contributed by atoms with Gasteiger partial charge in [0.1, 0.15) is 12.6 Å². The predicted molar refractivity (Wildman–Crippen MR) is 65.5 cm³/mol. The van der Waals surface area contributed by atoms with Gasteiger partial charge >= 0.3 is 12.1 Å². The maximum atomic E-state index is 11.1. The fraction of sp³-hybridized carbons (Fsp3) is 0.333. The molecule has 0 saturated carbocycles. The van der Waals surface area contributed by atoms with E-state index in [1.165, 1.54) is 18.2 Å². The number of halogens is 3. The number of ether oxygens (including phenoxy) is 1. The van der Waals surface area contributed by atoms with E-state index in [0.717, 1.165) is 0 Å². The van der Waals surface area contributed by atoms with E-state index in [0.29, 0.717) is 0 Å². The molecule has 0 saturated heterocycles. The van der Waals surface area contributed by atoms with Gasteiger partial charge in [-0.1, -0.05) is 59.6 Å². The molecule has 17 heavy (non-hydrogen) atoms. The lowest BCUT2D eigenvalue weighted by Crippen LogP contribution is -2.40. The van der Waals surface area contributed by atoms with E-state index in [4.69, 9.17) is 39.9 Å². The minimum absolute atomic E-state index is 0.485. The molecular formula is C9H10Cl3NO4. The highest BCUT2D eigenvalue weighted by atomic mass is 35.6. The lowest BCUT2D eigenvalue weighted by atomic mass is 10.3. The standard InChI is InChI=1S/C9H10Cl3NO4/c1-2-3-4-6(7(14)15)13-8(16)17-5-9(10,11)12/h2-4,6H,1,5H2,(H,13,16)(H,14,15)/b4-3+/t6-/m1/s1. The van der Waals surface area contributed by atoms with Crippen LogP contribution in [-0.4, -0.2) is 33.6 Å². The summed E-state index contributed by atoms with van der Waals surface area (Å²) in [5.41, 5.74) is 0. The van der Waals surface area contributed by atoms with Crippen molar-refractivity contribution < 1.29 is 19.4 Å². The van der Waals surface area contributed by atoms with Crippen LogP contribution in [0.4, 0.5) is 4.79 Å². The zero-order valence-corrected chi connectivity index (χ0v) is 10.8. The molecule has 1 atom stereocenters. The first kappa shape index (κ1) is 16.1. The Hall–Kier alpha value is -0.910. The number of alkyl carbamates (subject to hydrolysis) is 1. The highest BCUT2D eigenvalue weighted by molar-refractivity contribution is 6.67. The summed E-state index contributed by atoms with van der Waals surface area (Å²) in [5, 5.41) is 10.8. The van der Waals surface area contributed by atoms with E-state index in [1.54, 1.807) is 0 Å². The zero-order valence-electron chi connectivity index (χ0n) is 8.53. The summed E-state index contributed by atoms with van der Waals surface area (Å²) in [6.07, 6.45) is 2.95. The average Bonchev–Trinajstić information content (AvgIpc) is 2.19. The van der Waals surface area contributed by atoms with Gasteiger partial charge in [-0.3, -0.25) is 0 Å². The number of allylic oxidation sites excluding steroid dienone is 2. The summed E-state index contributed by atoms with van der Waals surface area (Å²) < 4.78 is 2.76. The molecule has 1 amide bonds. The Labute approximate surface area is 113 Å². The van der Waals surface area contributed by atoms with Gasteiger partial charge in [-0.2, -0.15) is 0 Å². The number of hydrogen-bond acceptors (Lipinski definition) is 3. The van der Waals surface area contributed by atoms with Crippen LogP contribution < -0.4 is 5.32 Å². The first-order valence-electron chi connectivity index (χ1n) is 4.28. The Morgan fingerprint density at radius 1 is 1.47 bits per heavy atom. The first-order chi connectivity index (χ1) is 7.76. The quantitative estimate of drug-likeness (QED) is 0.603. The zero-order chi connectivity index (χ0) is 13.5. The van der Waals surface area contributed by atoms with Gasteiger partial charge < -0.3 is 15.2 Å². The van der Waals surface area contributed by atoms with E-state index in [9.17, 15) is 9.59 Å². The molecule has 0 radical (unpaired) electrons. The molecule has 0 aliphatic heterocycles. The van der Waals surface area contributed by atoms with Crippen molar-refractivity contribution in [3.63, 3.8) is 0 Å². The van der Waals surface area contributed by atoms with Crippen molar-refractivity contribution >= 4 is 46.9 Å². The maximum absolute atomic E-state index is 11.1. The van der Waals surface area contributed by atoms with E-state index in [-0.39, 0.29) is 0 Å². The Kier molecular flexibility index (Phi) is 7.03. The number of aliphatic carboxylic acids is 1. The van der Waals surface area contributed by atoms with Crippen LogP contribution in [0, 0.1) is 0 Å². The minimum Gasteiger partial charge on any atom is -0.479 e. The van der Waals surface area contributed by atoms with Crippen LogP contribution in [0.2, 0.25) is 0 Å². The fourth-order valence-electron chi connectivity index (χ4n) is 0.698. The molecule has 2 N–H and O–H groups in total. The number of rotatable bonds is 5. The molecule has 0 aromatic heterocycles. The Morgan fingerprint density at radius 2 is 2.06 bits per heavy atom. The SMILES string of the molecule is C=C/C=C/[C@@H](NC(=O)OCC(Cl)(Cl)Cl)C(=O)O. The average molecular weight is 303 g/mol. The van der Waals surface area contributed by atoms with E-state index in [1.807, 2.05) is 0 Å². The van der Waals surface area contributed by atoms with E-state index in [2.05, 4.69) is 16.6 Å². The summed E-state index contributed by atoms with van der Waals surface area (Å²) in [4.78, 5) is 21.8. The van der Waals surface area contributed by atoms with Crippen LogP contribution in [0.25, 0.3) is 0 Å². The summed E-state index contributed by atoms with van der Waals surface area (Å²) in [7, 11) is 0. The molecular weight excluding hydrogens is 292 g/mol. The number of carboxylic acid groups (broad SMARTS) is 1. The van der Waals surface area contributed by atoms with Gasteiger partial charge in [0.2, 0.25) is 3.79 Å². The smallest absolute Gasteiger partial charge is 0.408 e. The number of hydrogen-bond donors (Lipinski definition) is 2. The number of carboxylic acids is 1. The molecule has 0 unspecified atom stereocenters. The van der Waals surface area contributed by atoms with Gasteiger partial charge in [-0.05, 0) is 0 Å². The third kappa shape index (κ3) is 8.85. The summed E-state index contributed by atoms with van der Waals surface area (Å²) in [6.45, 7) is 2.88. The third-order valence-electron chi connectivity index (χ3n) is 1.35. The highest BCUT2D eigenvalue weighted by Gasteiger charge is 2.24. The van der Waals surface area contributed by atoms with Gasteiger partial charge in [0.25, 0.3) is 0 Å². The van der Waals surface area contributed by atoms with Crippen LogP contribution in [-0.2, 0) is 9.53 Å². The minimum atomic E-state index is -1.74. The summed E-state index contributed by atoms with van der Waals surface area (Å²) >= 11 is 16.0.